The largest absolute Gasteiger partial charge is 0.341 e. The molecule has 2 heterocycles. The van der Waals surface area contributed by atoms with Crippen molar-refractivity contribution in [3.05, 3.63) is 60.3 Å². The Labute approximate surface area is 127 Å². The summed E-state index contributed by atoms with van der Waals surface area (Å²) in [6, 6.07) is 9.12. The van der Waals surface area contributed by atoms with Gasteiger partial charge >= 0.3 is 0 Å². The number of thioether (sulfide) groups is 1. The fraction of sp³-hybridized carbons (Fsp3) is 0.250. The predicted molar refractivity (Wildman–Crippen MR) is 83.4 cm³/mol. The zero-order chi connectivity index (χ0) is 14.8. The van der Waals surface area contributed by atoms with Gasteiger partial charge in [-0.05, 0) is 11.1 Å². The Morgan fingerprint density at radius 3 is 2.90 bits per heavy atom. The van der Waals surface area contributed by atoms with Crippen LogP contribution in [0.4, 0.5) is 0 Å². The highest BCUT2D eigenvalue weighted by atomic mass is 32.2. The molecule has 2 aliphatic rings. The third-order valence-corrected chi connectivity index (χ3v) is 4.93. The molecular formula is C16H16N2O2S. The summed E-state index contributed by atoms with van der Waals surface area (Å²) in [6.07, 6.45) is 3.89. The second-order valence-electron chi connectivity index (χ2n) is 5.06. The number of carbonyl (C=O) groups is 2. The molecule has 1 fully saturated rings. The summed E-state index contributed by atoms with van der Waals surface area (Å²) in [6.45, 7) is 3.72. The lowest BCUT2D eigenvalue weighted by molar-refractivity contribution is -0.144. The molecule has 108 valence electrons. The summed E-state index contributed by atoms with van der Waals surface area (Å²) in [7, 11) is 0. The Morgan fingerprint density at radius 1 is 1.43 bits per heavy atom. The van der Waals surface area contributed by atoms with Gasteiger partial charge < -0.3 is 10.2 Å². The van der Waals surface area contributed by atoms with Crippen molar-refractivity contribution in [1.29, 1.82) is 0 Å². The molecule has 1 N–H and O–H groups in total. The van der Waals surface area contributed by atoms with Crippen molar-refractivity contribution in [3.63, 3.8) is 0 Å². The van der Waals surface area contributed by atoms with Crippen LogP contribution in [0.25, 0.3) is 0 Å². The standard InChI is InChI=1S/C16H16N2O2S/c1-2-11-9-18-15(20)14(16(18)21-10-11)17-13(19)8-12-6-4-3-5-7-12/h2-7,9,14,16H,1,8,10H2,(H,17,19)/t14?,16-/m0/s1. The molecule has 0 spiro atoms. The number of amides is 2. The predicted octanol–water partition coefficient (Wildman–Crippen LogP) is 1.70. The van der Waals surface area contributed by atoms with Crippen molar-refractivity contribution in [3.8, 4) is 0 Å². The first kappa shape index (κ1) is 13.9. The van der Waals surface area contributed by atoms with Crippen LogP contribution in [0.5, 0.6) is 0 Å². The van der Waals surface area contributed by atoms with Gasteiger partial charge in [-0.1, -0.05) is 43.0 Å². The molecule has 0 aromatic heterocycles. The van der Waals surface area contributed by atoms with Crippen LogP contribution in [-0.4, -0.2) is 33.9 Å². The van der Waals surface area contributed by atoms with E-state index >= 15 is 0 Å². The van der Waals surface area contributed by atoms with Gasteiger partial charge in [-0.25, -0.2) is 0 Å². The number of β-lactam (4-membered cyclic amide) rings is 1. The number of fused-ring (bicyclic) bond motifs is 1. The highest BCUT2D eigenvalue weighted by Crippen LogP contribution is 2.36. The van der Waals surface area contributed by atoms with E-state index in [2.05, 4.69) is 11.9 Å². The van der Waals surface area contributed by atoms with Crippen LogP contribution in [0.1, 0.15) is 5.56 Å². The lowest BCUT2D eigenvalue weighted by Crippen LogP contribution is -2.68. The first-order valence-electron chi connectivity index (χ1n) is 6.79. The topological polar surface area (TPSA) is 49.4 Å². The summed E-state index contributed by atoms with van der Waals surface area (Å²) in [5, 5.41) is 2.86. The second kappa shape index (κ2) is 5.77. The van der Waals surface area contributed by atoms with Gasteiger partial charge in [-0.15, -0.1) is 11.8 Å². The molecule has 1 aromatic carbocycles. The SMILES string of the molecule is C=CC1=CN2C(=O)C(NC(=O)Cc3ccccc3)[C@@H]2SC1. The lowest BCUT2D eigenvalue weighted by Gasteiger charge is -2.47. The third-order valence-electron chi connectivity index (χ3n) is 3.59. The molecule has 0 bridgehead atoms. The molecule has 3 rings (SSSR count). The molecule has 2 amide bonds. The minimum absolute atomic E-state index is 0.0147. The summed E-state index contributed by atoms with van der Waals surface area (Å²) >= 11 is 1.66. The molecule has 0 radical (unpaired) electrons. The molecule has 5 heteroatoms. The Morgan fingerprint density at radius 2 is 2.19 bits per heavy atom. The quantitative estimate of drug-likeness (QED) is 0.861. The minimum Gasteiger partial charge on any atom is -0.341 e. The lowest BCUT2D eigenvalue weighted by atomic mass is 10.1. The smallest absolute Gasteiger partial charge is 0.253 e. The number of allylic oxidation sites excluding steroid dienone is 1. The second-order valence-corrected chi connectivity index (χ2v) is 6.17. The Hall–Kier alpha value is -2.01. The molecule has 4 nitrogen and oxygen atoms in total. The third kappa shape index (κ3) is 2.74. The summed E-state index contributed by atoms with van der Waals surface area (Å²) < 4.78 is 0. The van der Waals surface area contributed by atoms with Gasteiger partial charge in [-0.3, -0.25) is 9.59 Å². The molecule has 0 saturated carbocycles. The monoisotopic (exact) mass is 300 g/mol. The molecule has 1 unspecified atom stereocenters. The van der Waals surface area contributed by atoms with E-state index < -0.39 is 6.04 Å². The van der Waals surface area contributed by atoms with Gasteiger partial charge in [0.05, 0.1) is 6.42 Å². The van der Waals surface area contributed by atoms with Crippen LogP contribution in [0.3, 0.4) is 0 Å². The Balaban J connectivity index is 1.60. The molecule has 1 saturated heterocycles. The molecule has 21 heavy (non-hydrogen) atoms. The highest BCUT2D eigenvalue weighted by Gasteiger charge is 2.49. The van der Waals surface area contributed by atoms with Gasteiger partial charge in [0.25, 0.3) is 5.91 Å². The van der Waals surface area contributed by atoms with Crippen molar-refractivity contribution in [2.75, 3.05) is 5.75 Å². The molecule has 1 aromatic rings. The van der Waals surface area contributed by atoms with E-state index in [0.717, 1.165) is 16.9 Å². The van der Waals surface area contributed by atoms with Crippen LogP contribution >= 0.6 is 11.8 Å². The molecule has 2 atom stereocenters. The van der Waals surface area contributed by atoms with E-state index in [1.54, 1.807) is 22.7 Å². The summed E-state index contributed by atoms with van der Waals surface area (Å²) in [4.78, 5) is 25.8. The maximum atomic E-state index is 12.1. The van der Waals surface area contributed by atoms with Crippen LogP contribution in [0.15, 0.2) is 54.8 Å². The van der Waals surface area contributed by atoms with E-state index in [9.17, 15) is 9.59 Å². The van der Waals surface area contributed by atoms with Crippen molar-refractivity contribution < 1.29 is 9.59 Å². The van der Waals surface area contributed by atoms with Crippen LogP contribution in [0.2, 0.25) is 0 Å². The summed E-state index contributed by atoms with van der Waals surface area (Å²) in [5.74, 6) is 0.662. The number of benzene rings is 1. The number of carbonyl (C=O) groups excluding carboxylic acids is 2. The van der Waals surface area contributed by atoms with E-state index in [4.69, 9.17) is 0 Å². The van der Waals surface area contributed by atoms with Crippen LogP contribution in [-0.2, 0) is 16.0 Å². The number of hydrogen-bond donors (Lipinski definition) is 1. The number of hydrogen-bond acceptors (Lipinski definition) is 3. The zero-order valence-corrected chi connectivity index (χ0v) is 12.3. The van der Waals surface area contributed by atoms with E-state index in [-0.39, 0.29) is 17.2 Å². The van der Waals surface area contributed by atoms with Crippen LogP contribution < -0.4 is 5.32 Å². The summed E-state index contributed by atoms with van der Waals surface area (Å²) in [5.41, 5.74) is 1.99. The van der Waals surface area contributed by atoms with Crippen molar-refractivity contribution in [1.82, 2.24) is 10.2 Å². The van der Waals surface area contributed by atoms with E-state index in [1.165, 1.54) is 0 Å². The number of nitrogens with one attached hydrogen (secondary N) is 1. The highest BCUT2D eigenvalue weighted by molar-refractivity contribution is 8.00. The first-order chi connectivity index (χ1) is 10.2. The first-order valence-corrected chi connectivity index (χ1v) is 7.84. The number of rotatable bonds is 4. The van der Waals surface area contributed by atoms with Gasteiger partial charge in [0.2, 0.25) is 5.91 Å². The van der Waals surface area contributed by atoms with Gasteiger partial charge in [0.15, 0.2) is 0 Å². The normalized spacial score (nSPS) is 23.7. The van der Waals surface area contributed by atoms with Gasteiger partial charge in [0, 0.05) is 12.0 Å². The zero-order valence-electron chi connectivity index (χ0n) is 11.5. The van der Waals surface area contributed by atoms with Crippen molar-refractivity contribution >= 4 is 23.6 Å². The molecular weight excluding hydrogens is 284 g/mol. The Bertz CT molecular complexity index is 612. The van der Waals surface area contributed by atoms with Crippen molar-refractivity contribution in [2.45, 2.75) is 17.8 Å². The van der Waals surface area contributed by atoms with Gasteiger partial charge in [-0.2, -0.15) is 0 Å². The maximum absolute atomic E-state index is 12.1. The van der Waals surface area contributed by atoms with Crippen LogP contribution in [0, 0.1) is 0 Å². The number of nitrogens with zero attached hydrogens (tertiary/aromatic N) is 1. The maximum Gasteiger partial charge on any atom is 0.253 e. The fourth-order valence-corrected chi connectivity index (χ4v) is 3.71. The fourth-order valence-electron chi connectivity index (χ4n) is 2.45. The van der Waals surface area contributed by atoms with E-state index in [1.807, 2.05) is 36.5 Å². The van der Waals surface area contributed by atoms with Crippen molar-refractivity contribution in [2.24, 2.45) is 0 Å². The average molecular weight is 300 g/mol. The molecule has 0 aliphatic carbocycles. The van der Waals surface area contributed by atoms with E-state index in [0.29, 0.717) is 6.42 Å². The minimum atomic E-state index is -0.408. The Kier molecular flexibility index (Phi) is 3.84. The van der Waals surface area contributed by atoms with Gasteiger partial charge in [0.1, 0.15) is 11.4 Å². The average Bonchev–Trinajstić information content (AvgIpc) is 2.52. The molecule has 2 aliphatic heterocycles.